The van der Waals surface area contributed by atoms with E-state index in [1.807, 2.05) is 11.3 Å². The molecule has 100 valence electrons. The quantitative estimate of drug-likeness (QED) is 0.884. The second kappa shape index (κ2) is 4.56. The van der Waals surface area contributed by atoms with Crippen LogP contribution in [0.4, 0.5) is 5.13 Å². The molecule has 2 aromatic heterocycles. The minimum Gasteiger partial charge on any atom is -0.362 e. The summed E-state index contributed by atoms with van der Waals surface area (Å²) in [5, 5.41) is 7.85. The SMILES string of the molecule is CCNc1nc(-c2sc(C3CC3)nc2C2CC2)cs1. The molecule has 2 aliphatic carbocycles. The second-order valence-electron chi connectivity index (χ2n) is 5.38. The Hall–Kier alpha value is -0.940. The zero-order chi connectivity index (χ0) is 12.8. The van der Waals surface area contributed by atoms with Gasteiger partial charge in [-0.1, -0.05) is 0 Å². The minimum absolute atomic E-state index is 0.711. The van der Waals surface area contributed by atoms with Crippen molar-refractivity contribution in [3.05, 3.63) is 16.1 Å². The van der Waals surface area contributed by atoms with E-state index in [1.165, 1.54) is 41.3 Å². The summed E-state index contributed by atoms with van der Waals surface area (Å²) in [6.07, 6.45) is 5.28. The van der Waals surface area contributed by atoms with Crippen LogP contribution in [0.5, 0.6) is 0 Å². The van der Waals surface area contributed by atoms with Crippen molar-refractivity contribution in [2.45, 2.75) is 44.4 Å². The summed E-state index contributed by atoms with van der Waals surface area (Å²) in [6, 6.07) is 0. The number of rotatable bonds is 5. The van der Waals surface area contributed by atoms with Crippen molar-refractivity contribution in [2.24, 2.45) is 0 Å². The summed E-state index contributed by atoms with van der Waals surface area (Å²) in [6.45, 7) is 3.03. The third-order valence-electron chi connectivity index (χ3n) is 3.63. The molecule has 2 heterocycles. The Balaban J connectivity index is 1.71. The van der Waals surface area contributed by atoms with Crippen molar-refractivity contribution in [3.8, 4) is 10.6 Å². The number of nitrogens with one attached hydrogen (secondary N) is 1. The molecular formula is C14H17N3S2. The van der Waals surface area contributed by atoms with Gasteiger partial charge in [0.25, 0.3) is 0 Å². The Labute approximate surface area is 121 Å². The van der Waals surface area contributed by atoms with Crippen molar-refractivity contribution in [1.29, 1.82) is 0 Å². The van der Waals surface area contributed by atoms with Crippen LogP contribution in [0.15, 0.2) is 5.38 Å². The van der Waals surface area contributed by atoms with Gasteiger partial charge in [0.05, 0.1) is 21.3 Å². The van der Waals surface area contributed by atoms with Gasteiger partial charge >= 0.3 is 0 Å². The zero-order valence-corrected chi connectivity index (χ0v) is 12.6. The number of nitrogens with zero attached hydrogens (tertiary/aromatic N) is 2. The topological polar surface area (TPSA) is 37.8 Å². The maximum absolute atomic E-state index is 4.93. The lowest BCUT2D eigenvalue weighted by atomic mass is 10.2. The molecule has 2 saturated carbocycles. The molecule has 19 heavy (non-hydrogen) atoms. The minimum atomic E-state index is 0.711. The van der Waals surface area contributed by atoms with Gasteiger partial charge in [0, 0.05) is 23.8 Å². The number of hydrogen-bond acceptors (Lipinski definition) is 5. The first-order valence-corrected chi connectivity index (χ1v) is 8.75. The van der Waals surface area contributed by atoms with Gasteiger partial charge in [-0.05, 0) is 32.6 Å². The Kier molecular flexibility index (Phi) is 2.84. The molecule has 3 nitrogen and oxygen atoms in total. The molecule has 4 rings (SSSR count). The Bertz CT molecular complexity index is 594. The normalized spacial score (nSPS) is 18.8. The first kappa shape index (κ1) is 11.9. The molecule has 2 aliphatic rings. The highest BCUT2D eigenvalue weighted by Gasteiger charge is 2.34. The molecule has 0 radical (unpaired) electrons. The Morgan fingerprint density at radius 3 is 2.68 bits per heavy atom. The van der Waals surface area contributed by atoms with Crippen LogP contribution in [0.3, 0.4) is 0 Å². The third-order valence-corrected chi connectivity index (χ3v) is 5.68. The summed E-state index contributed by atoms with van der Waals surface area (Å²) < 4.78 is 0. The van der Waals surface area contributed by atoms with Crippen LogP contribution < -0.4 is 5.32 Å². The number of thiazole rings is 2. The van der Waals surface area contributed by atoms with Crippen molar-refractivity contribution in [1.82, 2.24) is 9.97 Å². The van der Waals surface area contributed by atoms with E-state index in [0.29, 0.717) is 5.92 Å². The fraction of sp³-hybridized carbons (Fsp3) is 0.571. The summed E-state index contributed by atoms with van der Waals surface area (Å²) in [7, 11) is 0. The highest BCUT2D eigenvalue weighted by molar-refractivity contribution is 7.17. The predicted molar refractivity (Wildman–Crippen MR) is 81.3 cm³/mol. The molecule has 0 aliphatic heterocycles. The van der Waals surface area contributed by atoms with Gasteiger partial charge in [0.1, 0.15) is 0 Å². The first-order valence-electron chi connectivity index (χ1n) is 7.05. The van der Waals surface area contributed by atoms with E-state index in [0.717, 1.165) is 23.3 Å². The summed E-state index contributed by atoms with van der Waals surface area (Å²) in [4.78, 5) is 11.0. The second-order valence-corrected chi connectivity index (χ2v) is 7.27. The largest absolute Gasteiger partial charge is 0.362 e. The summed E-state index contributed by atoms with van der Waals surface area (Å²) in [5.41, 5.74) is 2.47. The molecule has 0 amide bonds. The van der Waals surface area contributed by atoms with Gasteiger partial charge < -0.3 is 5.32 Å². The molecule has 1 N–H and O–H groups in total. The van der Waals surface area contributed by atoms with Gasteiger partial charge in [0.15, 0.2) is 5.13 Å². The highest BCUT2D eigenvalue weighted by Crippen LogP contribution is 2.50. The van der Waals surface area contributed by atoms with Crippen LogP contribution in [0, 0.1) is 0 Å². The smallest absolute Gasteiger partial charge is 0.183 e. The molecule has 0 atom stereocenters. The van der Waals surface area contributed by atoms with E-state index in [-0.39, 0.29) is 0 Å². The van der Waals surface area contributed by atoms with Crippen LogP contribution in [0.25, 0.3) is 10.6 Å². The van der Waals surface area contributed by atoms with E-state index < -0.39 is 0 Å². The van der Waals surface area contributed by atoms with Gasteiger partial charge in [-0.2, -0.15) is 0 Å². The zero-order valence-electron chi connectivity index (χ0n) is 11.0. The fourth-order valence-electron chi connectivity index (χ4n) is 2.28. The molecule has 0 aromatic carbocycles. The van der Waals surface area contributed by atoms with Crippen molar-refractivity contribution in [3.63, 3.8) is 0 Å². The molecule has 2 aromatic rings. The molecule has 2 fully saturated rings. The van der Waals surface area contributed by atoms with E-state index in [9.17, 15) is 0 Å². The Morgan fingerprint density at radius 1 is 1.21 bits per heavy atom. The molecule has 5 heteroatoms. The van der Waals surface area contributed by atoms with Crippen molar-refractivity contribution in [2.75, 3.05) is 11.9 Å². The van der Waals surface area contributed by atoms with Gasteiger partial charge in [0.2, 0.25) is 0 Å². The molecule has 0 unspecified atom stereocenters. The van der Waals surface area contributed by atoms with Gasteiger partial charge in [-0.25, -0.2) is 9.97 Å². The summed E-state index contributed by atoms with van der Waals surface area (Å²) >= 11 is 3.59. The third kappa shape index (κ3) is 2.30. The average Bonchev–Trinajstić information content (AvgIpc) is 3.34. The van der Waals surface area contributed by atoms with Crippen molar-refractivity contribution >= 4 is 27.8 Å². The van der Waals surface area contributed by atoms with E-state index >= 15 is 0 Å². The van der Waals surface area contributed by atoms with Crippen LogP contribution in [-0.4, -0.2) is 16.5 Å². The molecule has 0 saturated heterocycles. The lowest BCUT2D eigenvalue weighted by Crippen LogP contribution is -1.95. The van der Waals surface area contributed by atoms with Crippen LogP contribution in [0.2, 0.25) is 0 Å². The van der Waals surface area contributed by atoms with Crippen molar-refractivity contribution < 1.29 is 0 Å². The van der Waals surface area contributed by atoms with E-state index in [4.69, 9.17) is 9.97 Å². The lowest BCUT2D eigenvalue weighted by molar-refractivity contribution is 0.988. The van der Waals surface area contributed by atoms with Gasteiger partial charge in [-0.15, -0.1) is 22.7 Å². The highest BCUT2D eigenvalue weighted by atomic mass is 32.1. The predicted octanol–water partition coefficient (Wildman–Crippen LogP) is 4.45. The number of hydrogen-bond donors (Lipinski definition) is 1. The number of aromatic nitrogens is 2. The molecule has 0 spiro atoms. The Morgan fingerprint density at radius 2 is 2.00 bits per heavy atom. The number of anilines is 1. The van der Waals surface area contributed by atoms with Gasteiger partial charge in [-0.3, -0.25) is 0 Å². The molecule has 0 bridgehead atoms. The maximum Gasteiger partial charge on any atom is 0.183 e. The van der Waals surface area contributed by atoms with Crippen LogP contribution in [0.1, 0.15) is 55.1 Å². The average molecular weight is 291 g/mol. The maximum atomic E-state index is 4.93. The first-order chi connectivity index (χ1) is 9.35. The van der Waals surface area contributed by atoms with E-state index in [2.05, 4.69) is 17.6 Å². The van der Waals surface area contributed by atoms with Crippen LogP contribution in [-0.2, 0) is 0 Å². The lowest BCUT2D eigenvalue weighted by Gasteiger charge is -1.96. The molecular weight excluding hydrogens is 274 g/mol. The standard InChI is InChI=1S/C14H17N3S2/c1-2-15-14-16-10(7-18-14)12-11(8-3-4-8)17-13(19-12)9-5-6-9/h7-9H,2-6H2,1H3,(H,15,16). The monoisotopic (exact) mass is 291 g/mol. The van der Waals surface area contributed by atoms with E-state index in [1.54, 1.807) is 11.3 Å². The summed E-state index contributed by atoms with van der Waals surface area (Å²) in [5.74, 6) is 1.46. The fourth-order valence-corrected chi connectivity index (χ4v) is 4.41. The van der Waals surface area contributed by atoms with Crippen LogP contribution >= 0.6 is 22.7 Å².